The van der Waals surface area contributed by atoms with Crippen LogP contribution in [-0.2, 0) is 24.4 Å². The summed E-state index contributed by atoms with van der Waals surface area (Å²) >= 11 is 0. The quantitative estimate of drug-likeness (QED) is 0.325. The molecule has 2 aromatic heterocycles. The lowest BCUT2D eigenvalue weighted by Crippen LogP contribution is -2.38. The number of ether oxygens (including phenoxy) is 2. The smallest absolute Gasteiger partial charge is 0.347 e. The Bertz CT molecular complexity index is 1300. The molecule has 0 aliphatic rings. The van der Waals surface area contributed by atoms with Crippen molar-refractivity contribution in [3.8, 4) is 17.2 Å². The first kappa shape index (κ1) is 25.0. The summed E-state index contributed by atoms with van der Waals surface area (Å²) in [5.41, 5.74) is 2.60. The summed E-state index contributed by atoms with van der Waals surface area (Å²) in [5, 5.41) is 14.1. The van der Waals surface area contributed by atoms with Gasteiger partial charge in [0.1, 0.15) is 6.26 Å². The van der Waals surface area contributed by atoms with Crippen molar-refractivity contribution in [1.29, 1.82) is 0 Å². The Hall–Kier alpha value is -4.11. The average Bonchev–Trinajstić information content (AvgIpc) is 3.50. The Morgan fingerprint density at radius 1 is 1.11 bits per heavy atom. The van der Waals surface area contributed by atoms with Crippen LogP contribution < -0.4 is 9.47 Å². The largest absolute Gasteiger partial charge is 0.493 e. The van der Waals surface area contributed by atoms with E-state index in [1.54, 1.807) is 18.5 Å². The van der Waals surface area contributed by atoms with E-state index in [2.05, 4.69) is 9.88 Å². The van der Waals surface area contributed by atoms with Crippen LogP contribution in [0.25, 0.3) is 5.69 Å². The van der Waals surface area contributed by atoms with Crippen LogP contribution in [-0.4, -0.2) is 43.5 Å². The summed E-state index contributed by atoms with van der Waals surface area (Å²) in [7, 11) is 1.53. The number of carboxylic acid groups (broad SMARTS) is 1. The molecule has 1 N–H and O–H groups in total. The number of rotatable bonds is 11. The normalized spacial score (nSPS) is 11.6. The van der Waals surface area contributed by atoms with Crippen molar-refractivity contribution in [2.75, 3.05) is 7.11 Å². The molecule has 9 nitrogen and oxygen atoms in total. The second-order valence-corrected chi connectivity index (χ2v) is 8.99. The lowest BCUT2D eigenvalue weighted by Gasteiger charge is -2.24. The number of oxazole rings is 1. The molecule has 9 heteroatoms. The number of benzene rings is 2. The fourth-order valence-electron chi connectivity index (χ4n) is 3.77. The van der Waals surface area contributed by atoms with Crippen LogP contribution in [0.1, 0.15) is 36.6 Å². The number of para-hydroxylation sites is 1. The third-order valence-electron chi connectivity index (χ3n) is 5.77. The molecule has 2 aromatic carbocycles. The van der Waals surface area contributed by atoms with Gasteiger partial charge in [-0.05, 0) is 50.6 Å². The summed E-state index contributed by atoms with van der Waals surface area (Å²) < 4.78 is 18.6. The Morgan fingerprint density at radius 3 is 2.56 bits per heavy atom. The van der Waals surface area contributed by atoms with E-state index < -0.39 is 11.6 Å². The number of carboxylic acids is 1. The van der Waals surface area contributed by atoms with Gasteiger partial charge in [0.15, 0.2) is 17.1 Å². The van der Waals surface area contributed by atoms with Gasteiger partial charge in [0.2, 0.25) is 5.89 Å². The molecule has 0 atom stereocenters. The van der Waals surface area contributed by atoms with Crippen molar-refractivity contribution >= 4 is 5.97 Å². The summed E-state index contributed by atoms with van der Waals surface area (Å²) in [5.74, 6) is 0.384. The molecule has 0 saturated heterocycles. The lowest BCUT2D eigenvalue weighted by molar-refractivity contribution is -0.152. The molecule has 36 heavy (non-hydrogen) atoms. The molecular formula is C27H30N4O5. The number of methoxy groups -OCH3 is 1. The van der Waals surface area contributed by atoms with Gasteiger partial charge in [0.25, 0.3) is 0 Å². The lowest BCUT2D eigenvalue weighted by atomic mass is 10.1. The standard InChI is InChI=1S/C27H30N4O5/c1-19-21(17-31(29-19)22-8-6-5-7-9-22)16-30(18-25-28-12-13-35-25)15-20-10-11-23(24(14-20)34-4)36-27(2,3)26(32)33/h5-14,17H,15-16,18H2,1-4H3,(H,32,33). The summed E-state index contributed by atoms with van der Waals surface area (Å²) in [4.78, 5) is 18.0. The van der Waals surface area contributed by atoms with Crippen LogP contribution in [0.2, 0.25) is 0 Å². The van der Waals surface area contributed by atoms with E-state index >= 15 is 0 Å². The van der Waals surface area contributed by atoms with Crippen molar-refractivity contribution in [3.05, 3.63) is 89.9 Å². The Morgan fingerprint density at radius 2 is 1.89 bits per heavy atom. The first-order valence-corrected chi connectivity index (χ1v) is 11.6. The second kappa shape index (κ2) is 10.7. The maximum absolute atomic E-state index is 11.5. The molecule has 0 amide bonds. The highest BCUT2D eigenvalue weighted by Gasteiger charge is 2.30. The van der Waals surface area contributed by atoms with E-state index in [4.69, 9.17) is 19.0 Å². The van der Waals surface area contributed by atoms with Gasteiger partial charge in [-0.3, -0.25) is 4.90 Å². The van der Waals surface area contributed by atoms with E-state index in [1.165, 1.54) is 21.0 Å². The second-order valence-electron chi connectivity index (χ2n) is 8.99. The zero-order valence-electron chi connectivity index (χ0n) is 20.8. The van der Waals surface area contributed by atoms with Crippen LogP contribution in [0.3, 0.4) is 0 Å². The van der Waals surface area contributed by atoms with Gasteiger partial charge >= 0.3 is 5.97 Å². The van der Waals surface area contributed by atoms with E-state index in [0.29, 0.717) is 37.0 Å². The zero-order chi connectivity index (χ0) is 25.7. The molecule has 4 aromatic rings. The topological polar surface area (TPSA) is 103 Å². The molecule has 0 aliphatic heterocycles. The molecule has 188 valence electrons. The Balaban J connectivity index is 1.57. The highest BCUT2D eigenvalue weighted by molar-refractivity contribution is 5.77. The third kappa shape index (κ3) is 5.92. The molecular weight excluding hydrogens is 460 g/mol. The molecule has 0 radical (unpaired) electrons. The maximum atomic E-state index is 11.5. The van der Waals surface area contributed by atoms with Crippen LogP contribution in [0.4, 0.5) is 0 Å². The van der Waals surface area contributed by atoms with Crippen LogP contribution in [0.15, 0.2) is 71.6 Å². The van der Waals surface area contributed by atoms with Crippen molar-refractivity contribution in [2.45, 2.75) is 46.0 Å². The fraction of sp³-hybridized carbons (Fsp3) is 0.296. The Kier molecular flexibility index (Phi) is 7.40. The minimum absolute atomic E-state index is 0.368. The predicted molar refractivity (Wildman–Crippen MR) is 133 cm³/mol. The SMILES string of the molecule is COc1cc(CN(Cc2ncco2)Cc2cn(-c3ccccc3)nc2C)ccc1OC(C)(C)C(=O)O. The first-order valence-electron chi connectivity index (χ1n) is 11.6. The minimum Gasteiger partial charge on any atom is -0.493 e. The number of hydrogen-bond acceptors (Lipinski definition) is 7. The molecule has 0 bridgehead atoms. The third-order valence-corrected chi connectivity index (χ3v) is 5.77. The number of carbonyl (C=O) groups is 1. The molecule has 0 saturated carbocycles. The van der Waals surface area contributed by atoms with Crippen molar-refractivity contribution in [2.24, 2.45) is 0 Å². The van der Waals surface area contributed by atoms with Crippen LogP contribution in [0.5, 0.6) is 11.5 Å². The first-order chi connectivity index (χ1) is 17.2. The van der Waals surface area contributed by atoms with Crippen molar-refractivity contribution in [1.82, 2.24) is 19.7 Å². The van der Waals surface area contributed by atoms with Gasteiger partial charge < -0.3 is 19.0 Å². The summed E-state index contributed by atoms with van der Waals surface area (Å²) in [6.45, 7) is 6.68. The summed E-state index contributed by atoms with van der Waals surface area (Å²) in [6.07, 6.45) is 5.23. The molecule has 0 spiro atoms. The fourth-order valence-corrected chi connectivity index (χ4v) is 3.77. The summed E-state index contributed by atoms with van der Waals surface area (Å²) in [6, 6.07) is 15.5. The molecule has 2 heterocycles. The monoisotopic (exact) mass is 490 g/mol. The molecule has 4 rings (SSSR count). The number of aromatic nitrogens is 3. The highest BCUT2D eigenvalue weighted by atomic mass is 16.5. The number of nitrogens with zero attached hydrogens (tertiary/aromatic N) is 4. The van der Waals surface area contributed by atoms with Crippen LogP contribution >= 0.6 is 0 Å². The van der Waals surface area contributed by atoms with E-state index in [9.17, 15) is 9.90 Å². The van der Waals surface area contributed by atoms with Crippen molar-refractivity contribution < 1.29 is 23.8 Å². The Labute approximate surface area is 209 Å². The number of hydrogen-bond donors (Lipinski definition) is 1. The van der Waals surface area contributed by atoms with Gasteiger partial charge in [0.05, 0.1) is 31.2 Å². The molecule has 0 aliphatic carbocycles. The van der Waals surface area contributed by atoms with Gasteiger partial charge in [0, 0.05) is 24.8 Å². The maximum Gasteiger partial charge on any atom is 0.347 e. The van der Waals surface area contributed by atoms with E-state index in [0.717, 1.165) is 22.5 Å². The average molecular weight is 491 g/mol. The van der Waals surface area contributed by atoms with Crippen molar-refractivity contribution in [3.63, 3.8) is 0 Å². The van der Waals surface area contributed by atoms with E-state index in [-0.39, 0.29) is 0 Å². The molecule has 0 unspecified atom stereocenters. The van der Waals surface area contributed by atoms with Gasteiger partial charge in [-0.15, -0.1) is 0 Å². The number of aryl methyl sites for hydroxylation is 1. The van der Waals surface area contributed by atoms with Crippen LogP contribution in [0, 0.1) is 6.92 Å². The molecule has 0 fully saturated rings. The van der Waals surface area contributed by atoms with Gasteiger partial charge in [-0.25, -0.2) is 14.5 Å². The zero-order valence-corrected chi connectivity index (χ0v) is 20.8. The number of aliphatic carboxylic acids is 1. The minimum atomic E-state index is -1.39. The predicted octanol–water partition coefficient (Wildman–Crippen LogP) is 4.62. The van der Waals surface area contributed by atoms with Gasteiger partial charge in [-0.2, -0.15) is 5.10 Å². The van der Waals surface area contributed by atoms with E-state index in [1.807, 2.05) is 60.3 Å². The van der Waals surface area contributed by atoms with Gasteiger partial charge in [-0.1, -0.05) is 24.3 Å². The highest BCUT2D eigenvalue weighted by Crippen LogP contribution is 2.32.